The highest BCUT2D eigenvalue weighted by Gasteiger charge is 2.62. The molecular formula is C34H47NO12. The minimum atomic E-state index is -2.11. The largest absolute Gasteiger partial charge is 0.550 e. The van der Waals surface area contributed by atoms with E-state index in [1.54, 1.807) is 21.0 Å². The van der Waals surface area contributed by atoms with Crippen LogP contribution in [0.3, 0.4) is 0 Å². The van der Waals surface area contributed by atoms with Crippen molar-refractivity contribution in [3.63, 3.8) is 0 Å². The number of hydrogen-bond acceptors (Lipinski definition) is 12. The molecule has 0 saturated carbocycles. The van der Waals surface area contributed by atoms with E-state index in [1.165, 1.54) is 18.9 Å². The van der Waals surface area contributed by atoms with Crippen molar-refractivity contribution in [3.8, 4) is 11.5 Å². The summed E-state index contributed by atoms with van der Waals surface area (Å²) < 4.78 is 28.1. The van der Waals surface area contributed by atoms with Crippen molar-refractivity contribution >= 4 is 23.7 Å². The number of nitrogens with one attached hydrogen (secondary N) is 1. The zero-order chi connectivity index (χ0) is 34.6. The van der Waals surface area contributed by atoms with Crippen molar-refractivity contribution in [2.75, 3.05) is 34.1 Å². The van der Waals surface area contributed by atoms with Gasteiger partial charge in [-0.3, -0.25) is 4.79 Å². The molecule has 5 atom stereocenters. The Bertz CT molecular complexity index is 1370. The van der Waals surface area contributed by atoms with Gasteiger partial charge < -0.3 is 53.5 Å². The molecule has 0 bridgehead atoms. The maximum Gasteiger partial charge on any atom is 0.339 e. The van der Waals surface area contributed by atoms with Gasteiger partial charge in [-0.2, -0.15) is 0 Å². The number of esters is 2. The zero-order valence-electron chi connectivity index (χ0n) is 27.8. The average Bonchev–Trinajstić information content (AvgIpc) is 3.69. The van der Waals surface area contributed by atoms with Crippen molar-refractivity contribution in [3.05, 3.63) is 35.1 Å². The first-order valence-corrected chi connectivity index (χ1v) is 16.1. The predicted molar refractivity (Wildman–Crippen MR) is 163 cm³/mol. The zero-order valence-corrected chi connectivity index (χ0v) is 27.8. The summed E-state index contributed by atoms with van der Waals surface area (Å²) in [5.41, 5.74) is -1.29. The van der Waals surface area contributed by atoms with E-state index in [4.69, 9.17) is 23.7 Å². The Hall–Kier alpha value is -3.68. The minimum absolute atomic E-state index is 0.0634. The van der Waals surface area contributed by atoms with E-state index < -0.39 is 41.6 Å². The molecule has 1 saturated heterocycles. The van der Waals surface area contributed by atoms with Gasteiger partial charge in [0.1, 0.15) is 17.1 Å². The van der Waals surface area contributed by atoms with Crippen LogP contribution in [0.25, 0.3) is 0 Å². The fraction of sp³-hybridized carbons (Fsp3) is 0.647. The number of ketones is 1. The van der Waals surface area contributed by atoms with Crippen LogP contribution in [0.2, 0.25) is 0 Å². The summed E-state index contributed by atoms with van der Waals surface area (Å²) in [6.45, 7) is 6.74. The molecule has 5 rings (SSSR count). The number of carbonyl (C=O) groups excluding carboxylic acids is 4. The van der Waals surface area contributed by atoms with Crippen LogP contribution in [0.5, 0.6) is 11.5 Å². The number of carboxylic acids is 1. The second-order valence-corrected chi connectivity index (χ2v) is 13.5. The molecule has 0 aromatic heterocycles. The number of rotatable bonds is 12. The molecule has 0 amide bonds. The van der Waals surface area contributed by atoms with Gasteiger partial charge in [-0.25, -0.2) is 4.79 Å². The predicted octanol–water partition coefficient (Wildman–Crippen LogP) is 0.269. The Kier molecular flexibility index (Phi) is 11.2. The molecule has 1 aromatic rings. The molecular weight excluding hydrogens is 614 g/mol. The highest BCUT2D eigenvalue weighted by molar-refractivity contribution is 5.86. The number of methoxy groups -OCH3 is 2. The van der Waals surface area contributed by atoms with Gasteiger partial charge in [0, 0.05) is 37.7 Å². The molecule has 3 heterocycles. The van der Waals surface area contributed by atoms with Crippen molar-refractivity contribution in [1.29, 1.82) is 0 Å². The number of quaternary nitrogens is 1. The van der Waals surface area contributed by atoms with E-state index in [1.807, 2.05) is 12.1 Å². The third-order valence-corrected chi connectivity index (χ3v) is 9.51. The standard InChI is InChI=1S/C29H39NO9.C5H8O3/c1-27(2,33)8-5-10-29(34,16-23(31)36-4)26(32)39-25-22(35-3)15-28-9-6-11-30(28)12-7-18-13-20-21(38-17-37-20)14-19(18)24(25)28;1-4(6)2-3-5(7)8/h13-15,24-25,33-34H,5-12,16-17H2,1-4H3;2-3H2,1H3,(H,7,8)/t24-,25-,28+,29+;/m1./s1. The van der Waals surface area contributed by atoms with E-state index >= 15 is 0 Å². The summed E-state index contributed by atoms with van der Waals surface area (Å²) in [7, 11) is 2.77. The molecule has 260 valence electrons. The number of ether oxygens (including phenoxy) is 5. The summed E-state index contributed by atoms with van der Waals surface area (Å²) in [5, 5.41) is 31.3. The lowest BCUT2D eigenvalue weighted by Crippen LogP contribution is -3.18. The van der Waals surface area contributed by atoms with Gasteiger partial charge >= 0.3 is 11.9 Å². The van der Waals surface area contributed by atoms with Crippen LogP contribution in [0.4, 0.5) is 0 Å². The Morgan fingerprint density at radius 2 is 1.77 bits per heavy atom. The third kappa shape index (κ3) is 8.25. The van der Waals surface area contributed by atoms with Gasteiger partial charge in [0.15, 0.2) is 23.2 Å². The summed E-state index contributed by atoms with van der Waals surface area (Å²) in [5.74, 6) is -1.26. The number of carbonyl (C=O) groups is 4. The highest BCUT2D eigenvalue weighted by atomic mass is 16.7. The molecule has 3 aliphatic heterocycles. The molecule has 13 heteroatoms. The van der Waals surface area contributed by atoms with Gasteiger partial charge in [0.05, 0.1) is 45.2 Å². The first-order valence-electron chi connectivity index (χ1n) is 16.1. The van der Waals surface area contributed by atoms with Crippen molar-refractivity contribution in [2.24, 2.45) is 0 Å². The lowest BCUT2D eigenvalue weighted by Gasteiger charge is -2.37. The van der Waals surface area contributed by atoms with Gasteiger partial charge in [0.25, 0.3) is 0 Å². The van der Waals surface area contributed by atoms with Crippen LogP contribution in [-0.2, 0) is 39.8 Å². The van der Waals surface area contributed by atoms with E-state index in [0.29, 0.717) is 30.1 Å². The summed E-state index contributed by atoms with van der Waals surface area (Å²) in [6.07, 6.45) is 4.06. The van der Waals surface area contributed by atoms with Gasteiger partial charge in [0.2, 0.25) is 6.79 Å². The summed E-state index contributed by atoms with van der Waals surface area (Å²) in [4.78, 5) is 47.1. The Morgan fingerprint density at radius 3 is 2.36 bits per heavy atom. The SMILES string of the molecule is CC(=O)CCC(=O)[O-].COC(=O)C[C@@](O)(CCCC(C)(C)O)C(=O)O[C@@H]1C(OC)=C[C@]23CCC[NH+]2CCc2cc4c(cc2[C@H]13)OCO4. The lowest BCUT2D eigenvalue weighted by molar-refractivity contribution is -0.932. The quantitative estimate of drug-likeness (QED) is 0.261. The number of benzene rings is 1. The van der Waals surface area contributed by atoms with Crippen LogP contribution in [0, 0.1) is 0 Å². The van der Waals surface area contributed by atoms with Crippen LogP contribution in [-0.4, -0.2) is 90.9 Å². The first-order chi connectivity index (χ1) is 22.1. The molecule has 4 aliphatic rings. The minimum Gasteiger partial charge on any atom is -0.550 e. The average molecular weight is 662 g/mol. The highest BCUT2D eigenvalue weighted by Crippen LogP contribution is 2.50. The molecule has 3 N–H and O–H groups in total. The maximum atomic E-state index is 13.8. The molecule has 1 fully saturated rings. The van der Waals surface area contributed by atoms with Crippen molar-refractivity contribution in [1.82, 2.24) is 0 Å². The lowest BCUT2D eigenvalue weighted by atomic mass is 9.77. The second-order valence-electron chi connectivity index (χ2n) is 13.5. The molecule has 1 spiro atoms. The molecule has 0 radical (unpaired) electrons. The number of aliphatic hydroxyl groups is 2. The van der Waals surface area contributed by atoms with Crippen LogP contribution in [0.15, 0.2) is 24.0 Å². The Balaban J connectivity index is 0.000000555. The van der Waals surface area contributed by atoms with Crippen LogP contribution >= 0.6 is 0 Å². The Morgan fingerprint density at radius 1 is 1.06 bits per heavy atom. The smallest absolute Gasteiger partial charge is 0.339 e. The second kappa shape index (κ2) is 14.6. The molecule has 1 unspecified atom stereocenters. The fourth-order valence-corrected chi connectivity index (χ4v) is 7.19. The molecule has 47 heavy (non-hydrogen) atoms. The van der Waals surface area contributed by atoms with Gasteiger partial charge in [-0.1, -0.05) is 0 Å². The summed E-state index contributed by atoms with van der Waals surface area (Å²) in [6, 6.07) is 4.03. The van der Waals surface area contributed by atoms with Crippen molar-refractivity contribution < 1.29 is 63.1 Å². The number of carboxylic acid groups (broad SMARTS) is 1. The normalized spacial score (nSPS) is 25.0. The molecule has 1 aliphatic carbocycles. The number of hydrogen-bond donors (Lipinski definition) is 3. The Labute approximate surface area is 274 Å². The van der Waals surface area contributed by atoms with Gasteiger partial charge in [-0.15, -0.1) is 0 Å². The van der Waals surface area contributed by atoms with E-state index in [0.717, 1.165) is 43.5 Å². The number of Topliss-reactive ketones (excluding diaryl/α,β-unsaturated/α-hetero) is 1. The fourth-order valence-electron chi connectivity index (χ4n) is 7.19. The number of aliphatic carboxylic acids is 1. The van der Waals surface area contributed by atoms with Crippen molar-refractivity contribution in [2.45, 2.75) is 107 Å². The number of fused-ring (bicyclic) bond motifs is 3. The topological polar surface area (TPSA) is 182 Å². The monoisotopic (exact) mass is 661 g/mol. The van der Waals surface area contributed by atoms with Crippen LogP contribution in [0.1, 0.15) is 89.2 Å². The van der Waals surface area contributed by atoms with E-state index in [2.05, 4.69) is 6.08 Å². The van der Waals surface area contributed by atoms with E-state index in [9.17, 15) is 34.5 Å². The summed E-state index contributed by atoms with van der Waals surface area (Å²) >= 11 is 0. The molecule has 13 nitrogen and oxygen atoms in total. The van der Waals surface area contributed by atoms with Crippen LogP contribution < -0.4 is 19.5 Å². The third-order valence-electron chi connectivity index (χ3n) is 9.51. The molecule has 1 aromatic carbocycles. The first kappa shape index (κ1) is 36.2. The van der Waals surface area contributed by atoms with E-state index in [-0.39, 0.29) is 43.3 Å². The maximum absolute atomic E-state index is 13.8. The van der Waals surface area contributed by atoms with Gasteiger partial charge in [-0.05, 0) is 69.7 Å².